The molecule has 1 aliphatic carbocycles. The number of ether oxygens (including phenoxy) is 1. The summed E-state index contributed by atoms with van der Waals surface area (Å²) < 4.78 is 5.13. The van der Waals surface area contributed by atoms with E-state index < -0.39 is 5.60 Å². The van der Waals surface area contributed by atoms with Crippen molar-refractivity contribution >= 4 is 17.6 Å². The van der Waals surface area contributed by atoms with Crippen molar-refractivity contribution in [2.45, 2.75) is 71.4 Å². The molecule has 28 heavy (non-hydrogen) atoms. The van der Waals surface area contributed by atoms with E-state index in [0.717, 1.165) is 17.8 Å². The van der Waals surface area contributed by atoms with Gasteiger partial charge in [0.15, 0.2) is 0 Å². The summed E-state index contributed by atoms with van der Waals surface area (Å²) in [6, 6.07) is 4.12. The Morgan fingerprint density at radius 3 is 2.61 bits per heavy atom. The number of nitrogens with one attached hydrogen (secondary N) is 1. The molecular weight excluding hydrogens is 354 g/mol. The normalized spacial score (nSPS) is 27.2. The minimum absolute atomic E-state index is 0.130. The lowest BCUT2D eigenvalue weighted by molar-refractivity contribution is -0.151. The minimum Gasteiger partial charge on any atom is -0.466 e. The second kappa shape index (κ2) is 8.43. The molecule has 152 valence electrons. The topological polar surface area (TPSA) is 83.8 Å². The van der Waals surface area contributed by atoms with Crippen molar-refractivity contribution in [1.29, 1.82) is 0 Å². The molecule has 1 aromatic heterocycles. The zero-order valence-corrected chi connectivity index (χ0v) is 17.3. The second-order valence-corrected chi connectivity index (χ2v) is 7.92. The summed E-state index contributed by atoms with van der Waals surface area (Å²) in [6.07, 6.45) is 5.26. The molecule has 0 spiro atoms. The Hall–Kier alpha value is -2.21. The monoisotopic (exact) mass is 385 g/mol. The van der Waals surface area contributed by atoms with Crippen LogP contribution in [0, 0.1) is 12.8 Å². The molecule has 1 fully saturated rings. The number of aromatic nitrogens is 1. The first-order valence-electron chi connectivity index (χ1n) is 10.3. The van der Waals surface area contributed by atoms with Gasteiger partial charge in [-0.2, -0.15) is 0 Å². The van der Waals surface area contributed by atoms with Crippen LogP contribution in [0.15, 0.2) is 28.8 Å². The number of hydrogen-bond acceptors (Lipinski definition) is 6. The zero-order valence-electron chi connectivity index (χ0n) is 17.3. The smallest absolute Gasteiger partial charge is 0.308 e. The van der Waals surface area contributed by atoms with E-state index in [-0.39, 0.29) is 17.9 Å². The van der Waals surface area contributed by atoms with Gasteiger partial charge in [-0.1, -0.05) is 6.92 Å². The number of hydrogen-bond donors (Lipinski definition) is 2. The average Bonchev–Trinajstić information content (AvgIpc) is 3.01. The summed E-state index contributed by atoms with van der Waals surface area (Å²) in [5.74, 6) is 1.22. The second-order valence-electron chi connectivity index (χ2n) is 7.92. The molecule has 0 aromatic carbocycles. The highest BCUT2D eigenvalue weighted by Gasteiger charge is 2.39. The highest BCUT2D eigenvalue weighted by Crippen LogP contribution is 2.39. The Morgan fingerprint density at radius 1 is 1.29 bits per heavy atom. The molecule has 1 aromatic rings. The van der Waals surface area contributed by atoms with E-state index in [9.17, 15) is 9.90 Å². The molecule has 0 amide bonds. The van der Waals surface area contributed by atoms with E-state index in [1.807, 2.05) is 26.0 Å². The van der Waals surface area contributed by atoms with Crippen LogP contribution in [0.1, 0.15) is 64.1 Å². The molecule has 6 nitrogen and oxygen atoms in total. The summed E-state index contributed by atoms with van der Waals surface area (Å²) >= 11 is 0. The maximum Gasteiger partial charge on any atom is 0.308 e. The van der Waals surface area contributed by atoms with Gasteiger partial charge in [-0.25, -0.2) is 4.98 Å². The van der Waals surface area contributed by atoms with Crippen LogP contribution in [0.2, 0.25) is 0 Å². The molecule has 6 heteroatoms. The number of aryl methyl sites for hydroxylation is 1. The largest absolute Gasteiger partial charge is 0.466 e. The molecule has 3 rings (SSSR count). The third-order valence-electron chi connectivity index (χ3n) is 5.71. The van der Waals surface area contributed by atoms with Gasteiger partial charge in [-0.3, -0.25) is 9.79 Å². The lowest BCUT2D eigenvalue weighted by Crippen LogP contribution is -2.35. The fourth-order valence-electron chi connectivity index (χ4n) is 4.05. The predicted molar refractivity (Wildman–Crippen MR) is 110 cm³/mol. The Kier molecular flexibility index (Phi) is 6.18. The van der Waals surface area contributed by atoms with E-state index in [1.165, 1.54) is 5.57 Å². The Balaban J connectivity index is 1.74. The number of carbonyl (C=O) groups excluding carboxylic acids is 1. The fraction of sp³-hybridized carbons (Fsp3) is 0.591. The highest BCUT2D eigenvalue weighted by atomic mass is 16.5. The lowest BCUT2D eigenvalue weighted by Gasteiger charge is -2.35. The molecule has 2 N–H and O–H groups in total. The van der Waals surface area contributed by atoms with Gasteiger partial charge in [0, 0.05) is 0 Å². The third-order valence-corrected chi connectivity index (χ3v) is 5.71. The highest BCUT2D eigenvalue weighted by molar-refractivity contribution is 6.05. The first-order chi connectivity index (χ1) is 13.3. The Labute approximate surface area is 167 Å². The van der Waals surface area contributed by atoms with Crippen molar-refractivity contribution in [3.63, 3.8) is 0 Å². The number of anilines is 1. The van der Waals surface area contributed by atoms with Gasteiger partial charge < -0.3 is 15.2 Å². The van der Waals surface area contributed by atoms with E-state index in [0.29, 0.717) is 43.8 Å². The zero-order chi connectivity index (χ0) is 20.3. The minimum atomic E-state index is -1.01. The molecule has 1 atom stereocenters. The molecule has 1 saturated carbocycles. The fourth-order valence-corrected chi connectivity index (χ4v) is 4.05. The standard InChI is InChI=1S/C22H31N3O3/c1-5-17-15(4)13-20(23-17)25-19-12-14(3)11-18(24-19)22(27)9-7-16(8-10-22)21(26)28-6-2/h11-13,16-17,27H,5-10H2,1-4H3,(H,23,24,25). The summed E-state index contributed by atoms with van der Waals surface area (Å²) in [5, 5.41) is 14.5. The lowest BCUT2D eigenvalue weighted by atomic mass is 9.76. The number of amidine groups is 1. The molecule has 2 aliphatic rings. The number of aliphatic imine (C=N–C) groups is 1. The molecule has 2 heterocycles. The summed E-state index contributed by atoms with van der Waals surface area (Å²) in [5.41, 5.74) is 1.91. The van der Waals surface area contributed by atoms with Crippen molar-refractivity contribution in [2.24, 2.45) is 10.9 Å². The maximum absolute atomic E-state index is 12.0. The summed E-state index contributed by atoms with van der Waals surface area (Å²) in [6.45, 7) is 8.42. The third kappa shape index (κ3) is 4.43. The number of pyridine rings is 1. The van der Waals surface area contributed by atoms with Gasteiger partial charge in [-0.05, 0) is 82.2 Å². The van der Waals surface area contributed by atoms with Gasteiger partial charge in [0.1, 0.15) is 17.3 Å². The van der Waals surface area contributed by atoms with Crippen molar-refractivity contribution in [2.75, 3.05) is 11.9 Å². The number of rotatable bonds is 5. The Morgan fingerprint density at radius 2 is 2.00 bits per heavy atom. The van der Waals surface area contributed by atoms with E-state index in [1.54, 1.807) is 0 Å². The van der Waals surface area contributed by atoms with E-state index in [2.05, 4.69) is 35.2 Å². The van der Waals surface area contributed by atoms with Gasteiger partial charge in [0.25, 0.3) is 0 Å². The Bertz CT molecular complexity index is 792. The van der Waals surface area contributed by atoms with Gasteiger partial charge in [-0.15, -0.1) is 0 Å². The number of esters is 1. The van der Waals surface area contributed by atoms with Gasteiger partial charge in [0.05, 0.1) is 24.3 Å². The van der Waals surface area contributed by atoms with Crippen LogP contribution in [0.25, 0.3) is 0 Å². The van der Waals surface area contributed by atoms with Crippen molar-refractivity contribution in [1.82, 2.24) is 4.98 Å². The molecule has 1 aliphatic heterocycles. The molecule has 1 unspecified atom stereocenters. The van der Waals surface area contributed by atoms with E-state index >= 15 is 0 Å². The van der Waals surface area contributed by atoms with Gasteiger partial charge in [0.2, 0.25) is 0 Å². The quantitative estimate of drug-likeness (QED) is 0.752. The van der Waals surface area contributed by atoms with Crippen LogP contribution in [0.3, 0.4) is 0 Å². The number of carbonyl (C=O) groups is 1. The predicted octanol–water partition coefficient (Wildman–Crippen LogP) is 3.88. The maximum atomic E-state index is 12.0. The molecule has 0 radical (unpaired) electrons. The van der Waals surface area contributed by atoms with Crippen LogP contribution in [-0.2, 0) is 15.1 Å². The number of aliphatic hydroxyl groups is 1. The molecule has 0 bridgehead atoms. The van der Waals surface area contributed by atoms with Crippen LogP contribution in [0.5, 0.6) is 0 Å². The summed E-state index contributed by atoms with van der Waals surface area (Å²) in [4.78, 5) is 21.3. The first kappa shape index (κ1) is 20.5. The van der Waals surface area contributed by atoms with Crippen molar-refractivity contribution in [3.8, 4) is 0 Å². The van der Waals surface area contributed by atoms with Crippen molar-refractivity contribution < 1.29 is 14.6 Å². The van der Waals surface area contributed by atoms with Gasteiger partial charge >= 0.3 is 5.97 Å². The number of nitrogens with zero attached hydrogens (tertiary/aromatic N) is 2. The average molecular weight is 386 g/mol. The van der Waals surface area contributed by atoms with Crippen LogP contribution < -0.4 is 5.32 Å². The van der Waals surface area contributed by atoms with Crippen LogP contribution >= 0.6 is 0 Å². The first-order valence-corrected chi connectivity index (χ1v) is 10.3. The van der Waals surface area contributed by atoms with Crippen LogP contribution in [-0.4, -0.2) is 34.5 Å². The van der Waals surface area contributed by atoms with E-state index in [4.69, 9.17) is 4.74 Å². The summed E-state index contributed by atoms with van der Waals surface area (Å²) in [7, 11) is 0. The van der Waals surface area contributed by atoms with Crippen LogP contribution in [0.4, 0.5) is 5.82 Å². The molecule has 0 saturated heterocycles. The molecular formula is C22H31N3O3. The van der Waals surface area contributed by atoms with Crippen molar-refractivity contribution in [3.05, 3.63) is 35.0 Å². The SMILES string of the molecule is CCOC(=O)C1CCC(O)(c2cc(C)cc(NC3=NC(CC)C(C)=C3)n2)CC1.